The Kier molecular flexibility index (Phi) is 3.36. The average Bonchev–Trinajstić information content (AvgIpc) is 2.54. The number of hydrogen-bond donors (Lipinski definition) is 2. The zero-order valence-corrected chi connectivity index (χ0v) is 11.2. The molecule has 0 atom stereocenters. The number of carbonyl (C=O) groups is 2. The van der Waals surface area contributed by atoms with Crippen LogP contribution in [0.2, 0.25) is 0 Å². The number of nitrogens with zero attached hydrogens (tertiary/aromatic N) is 1. The smallest absolute Gasteiger partial charge is 0.407 e. The molecule has 0 radical (unpaired) electrons. The summed E-state index contributed by atoms with van der Waals surface area (Å²) in [6.07, 6.45) is 1.04. The molecule has 0 aromatic carbocycles. The normalized spacial score (nSPS) is 27.5. The molecule has 0 bridgehead atoms. The van der Waals surface area contributed by atoms with Crippen LogP contribution in [0, 0.1) is 0 Å². The molecule has 1 aliphatic heterocycles. The lowest BCUT2D eigenvalue weighted by molar-refractivity contribution is 0.00351. The first-order valence-corrected chi connectivity index (χ1v) is 6.38. The Balaban J connectivity index is 1.70. The summed E-state index contributed by atoms with van der Waals surface area (Å²) in [4.78, 5) is 24.8. The van der Waals surface area contributed by atoms with E-state index in [1.807, 2.05) is 25.7 Å². The molecule has 1 aliphatic carbocycles. The highest BCUT2D eigenvalue weighted by molar-refractivity contribution is 5.76. The Morgan fingerprint density at radius 1 is 1.44 bits per heavy atom. The number of ether oxygens (including phenoxy) is 1. The highest BCUT2D eigenvalue weighted by atomic mass is 16.6. The first kappa shape index (κ1) is 13.0. The molecule has 6 heteroatoms. The summed E-state index contributed by atoms with van der Waals surface area (Å²) in [5.41, 5.74) is -0.283. The third-order valence-corrected chi connectivity index (χ3v) is 3.15. The van der Waals surface area contributed by atoms with Gasteiger partial charge in [0.2, 0.25) is 0 Å². The van der Waals surface area contributed by atoms with Crippen molar-refractivity contribution in [2.24, 2.45) is 0 Å². The molecule has 2 rings (SSSR count). The molecular formula is C12H21N3O3. The van der Waals surface area contributed by atoms with Gasteiger partial charge in [-0.2, -0.15) is 0 Å². The molecule has 1 saturated carbocycles. The summed E-state index contributed by atoms with van der Waals surface area (Å²) < 4.78 is 5.28. The molecule has 1 saturated heterocycles. The fraction of sp³-hybridized carbons (Fsp3) is 0.833. The Bertz CT molecular complexity index is 345. The van der Waals surface area contributed by atoms with E-state index in [0.717, 1.165) is 19.4 Å². The van der Waals surface area contributed by atoms with Crippen LogP contribution in [0.15, 0.2) is 0 Å². The Labute approximate surface area is 107 Å². The lowest BCUT2D eigenvalue weighted by Crippen LogP contribution is -2.51. The summed E-state index contributed by atoms with van der Waals surface area (Å²) in [6, 6.07) is 0.220. The highest BCUT2D eigenvalue weighted by Crippen LogP contribution is 2.29. The van der Waals surface area contributed by atoms with Crippen LogP contribution in [-0.2, 0) is 4.74 Å². The molecule has 0 spiro atoms. The maximum absolute atomic E-state index is 11.5. The van der Waals surface area contributed by atoms with E-state index in [4.69, 9.17) is 4.74 Å². The Hall–Kier alpha value is -1.46. The van der Waals surface area contributed by atoms with Crippen molar-refractivity contribution in [2.75, 3.05) is 13.1 Å². The fourth-order valence-electron chi connectivity index (χ4n) is 2.21. The SMILES string of the molecule is CC(C)(C)NC(=O)OC1CC(N2CCNC2=O)C1. The fourth-order valence-corrected chi connectivity index (χ4v) is 2.21. The molecule has 18 heavy (non-hydrogen) atoms. The van der Waals surface area contributed by atoms with E-state index < -0.39 is 0 Å². The van der Waals surface area contributed by atoms with Crippen molar-refractivity contribution in [3.8, 4) is 0 Å². The van der Waals surface area contributed by atoms with E-state index in [1.165, 1.54) is 0 Å². The van der Waals surface area contributed by atoms with Crippen LogP contribution >= 0.6 is 0 Å². The van der Waals surface area contributed by atoms with Gasteiger partial charge >= 0.3 is 12.1 Å². The maximum Gasteiger partial charge on any atom is 0.407 e. The van der Waals surface area contributed by atoms with Crippen LogP contribution in [0.4, 0.5) is 9.59 Å². The van der Waals surface area contributed by atoms with Gasteiger partial charge in [-0.3, -0.25) is 0 Å². The van der Waals surface area contributed by atoms with Gasteiger partial charge in [0.1, 0.15) is 6.10 Å². The van der Waals surface area contributed by atoms with Gasteiger partial charge in [-0.1, -0.05) is 0 Å². The predicted octanol–water partition coefficient (Wildman–Crippen LogP) is 1.07. The van der Waals surface area contributed by atoms with Crippen molar-refractivity contribution in [1.29, 1.82) is 0 Å². The van der Waals surface area contributed by atoms with E-state index in [2.05, 4.69) is 10.6 Å². The van der Waals surface area contributed by atoms with Gasteiger partial charge in [0.25, 0.3) is 0 Å². The van der Waals surface area contributed by atoms with E-state index >= 15 is 0 Å². The minimum atomic E-state index is -0.378. The molecule has 2 aliphatic rings. The largest absolute Gasteiger partial charge is 0.446 e. The number of amides is 3. The average molecular weight is 255 g/mol. The highest BCUT2D eigenvalue weighted by Gasteiger charge is 2.40. The van der Waals surface area contributed by atoms with Crippen molar-refractivity contribution in [3.63, 3.8) is 0 Å². The second kappa shape index (κ2) is 4.66. The van der Waals surface area contributed by atoms with E-state index in [0.29, 0.717) is 6.54 Å². The zero-order chi connectivity index (χ0) is 13.3. The van der Waals surface area contributed by atoms with Crippen LogP contribution < -0.4 is 10.6 Å². The summed E-state index contributed by atoms with van der Waals surface area (Å²) in [5, 5.41) is 5.53. The van der Waals surface area contributed by atoms with Crippen LogP contribution in [0.5, 0.6) is 0 Å². The first-order valence-electron chi connectivity index (χ1n) is 6.38. The predicted molar refractivity (Wildman–Crippen MR) is 66.3 cm³/mol. The Morgan fingerprint density at radius 3 is 2.61 bits per heavy atom. The van der Waals surface area contributed by atoms with Crippen LogP contribution in [0.3, 0.4) is 0 Å². The third-order valence-electron chi connectivity index (χ3n) is 3.15. The van der Waals surface area contributed by atoms with Crippen molar-refractivity contribution >= 4 is 12.1 Å². The van der Waals surface area contributed by atoms with E-state index in [1.54, 1.807) is 0 Å². The molecule has 2 N–H and O–H groups in total. The number of hydrogen-bond acceptors (Lipinski definition) is 3. The second-order valence-electron chi connectivity index (χ2n) is 5.95. The van der Waals surface area contributed by atoms with Crippen LogP contribution in [0.25, 0.3) is 0 Å². The molecule has 0 aromatic heterocycles. The standard InChI is InChI=1S/C12H21N3O3/c1-12(2,3)14-11(17)18-9-6-8(7-9)15-5-4-13-10(15)16/h8-9H,4-7H2,1-3H3,(H,13,16)(H,14,17). The molecular weight excluding hydrogens is 234 g/mol. The summed E-state index contributed by atoms with van der Waals surface area (Å²) in [6.45, 7) is 7.20. The molecule has 102 valence electrons. The molecule has 6 nitrogen and oxygen atoms in total. The van der Waals surface area contributed by atoms with Gasteiger partial charge in [-0.15, -0.1) is 0 Å². The quantitative estimate of drug-likeness (QED) is 0.775. The lowest BCUT2D eigenvalue weighted by Gasteiger charge is -2.40. The van der Waals surface area contributed by atoms with Gasteiger partial charge in [-0.25, -0.2) is 9.59 Å². The number of rotatable bonds is 2. The first-order chi connectivity index (χ1) is 8.35. The summed E-state index contributed by atoms with van der Waals surface area (Å²) in [7, 11) is 0. The third kappa shape index (κ3) is 3.05. The van der Waals surface area contributed by atoms with Crippen LogP contribution in [-0.4, -0.2) is 47.8 Å². The monoisotopic (exact) mass is 255 g/mol. The zero-order valence-electron chi connectivity index (χ0n) is 11.2. The van der Waals surface area contributed by atoms with Gasteiger partial charge in [0, 0.05) is 37.5 Å². The van der Waals surface area contributed by atoms with Gasteiger partial charge in [0.15, 0.2) is 0 Å². The second-order valence-corrected chi connectivity index (χ2v) is 5.95. The van der Waals surface area contributed by atoms with Crippen LogP contribution in [0.1, 0.15) is 33.6 Å². The molecule has 3 amide bonds. The summed E-state index contributed by atoms with van der Waals surface area (Å²) >= 11 is 0. The topological polar surface area (TPSA) is 70.7 Å². The van der Waals surface area contributed by atoms with E-state index in [-0.39, 0.29) is 29.8 Å². The van der Waals surface area contributed by atoms with Crippen molar-refractivity contribution in [3.05, 3.63) is 0 Å². The van der Waals surface area contributed by atoms with E-state index in [9.17, 15) is 9.59 Å². The molecule has 0 aromatic rings. The molecule has 1 heterocycles. The minimum Gasteiger partial charge on any atom is -0.446 e. The molecule has 0 unspecified atom stereocenters. The van der Waals surface area contributed by atoms with Gasteiger partial charge < -0.3 is 20.3 Å². The summed E-state index contributed by atoms with van der Waals surface area (Å²) in [5.74, 6) is 0. The number of nitrogens with one attached hydrogen (secondary N) is 2. The van der Waals surface area contributed by atoms with Crippen molar-refractivity contribution in [1.82, 2.24) is 15.5 Å². The maximum atomic E-state index is 11.5. The van der Waals surface area contributed by atoms with Gasteiger partial charge in [-0.05, 0) is 20.8 Å². The number of alkyl carbamates (subject to hydrolysis) is 1. The Morgan fingerprint density at radius 2 is 2.11 bits per heavy atom. The number of carbonyl (C=O) groups excluding carboxylic acids is 2. The minimum absolute atomic E-state index is 0.00223. The van der Waals surface area contributed by atoms with Crippen molar-refractivity contribution in [2.45, 2.75) is 51.3 Å². The lowest BCUT2D eigenvalue weighted by atomic mass is 9.88. The van der Waals surface area contributed by atoms with Crippen molar-refractivity contribution < 1.29 is 14.3 Å². The number of urea groups is 1. The molecule has 2 fully saturated rings. The van der Waals surface area contributed by atoms with Gasteiger partial charge in [0.05, 0.1) is 0 Å².